The van der Waals surface area contributed by atoms with Crippen molar-refractivity contribution in [3.8, 4) is 0 Å². The maximum absolute atomic E-state index is 11.2. The van der Waals surface area contributed by atoms with Crippen LogP contribution in [-0.4, -0.2) is 22.5 Å². The van der Waals surface area contributed by atoms with Crippen LogP contribution in [0.15, 0.2) is 18.3 Å². The summed E-state index contributed by atoms with van der Waals surface area (Å²) in [6.45, 7) is 11.5. The lowest BCUT2D eigenvalue weighted by Gasteiger charge is -2.32. The van der Waals surface area contributed by atoms with Crippen LogP contribution < -0.4 is 4.90 Å². The van der Waals surface area contributed by atoms with Gasteiger partial charge in [0.15, 0.2) is 0 Å². The lowest BCUT2D eigenvalue weighted by molar-refractivity contribution is -0.384. The zero-order chi connectivity index (χ0) is 15.3. The average Bonchev–Trinajstić information content (AvgIpc) is 2.37. The molecule has 0 saturated heterocycles. The van der Waals surface area contributed by atoms with Crippen LogP contribution in [0.25, 0.3) is 0 Å². The van der Waals surface area contributed by atoms with Crippen molar-refractivity contribution in [2.75, 3.05) is 11.4 Å². The second-order valence-corrected chi connectivity index (χ2v) is 6.36. The summed E-state index contributed by atoms with van der Waals surface area (Å²) in [4.78, 5) is 17.1. The maximum Gasteiger partial charge on any atom is 0.311 e. The van der Waals surface area contributed by atoms with Gasteiger partial charge < -0.3 is 4.90 Å². The van der Waals surface area contributed by atoms with Gasteiger partial charge in [0.2, 0.25) is 5.82 Å². The third-order valence-corrected chi connectivity index (χ3v) is 3.46. The van der Waals surface area contributed by atoms with Crippen molar-refractivity contribution >= 4 is 11.5 Å². The molecule has 0 aliphatic heterocycles. The van der Waals surface area contributed by atoms with Crippen molar-refractivity contribution in [3.05, 3.63) is 28.4 Å². The zero-order valence-corrected chi connectivity index (χ0v) is 13.1. The van der Waals surface area contributed by atoms with Crippen LogP contribution in [0.3, 0.4) is 0 Å². The number of hydrogen-bond acceptors (Lipinski definition) is 4. The zero-order valence-electron chi connectivity index (χ0n) is 13.1. The molecule has 5 heteroatoms. The minimum Gasteiger partial charge on any atom is -0.348 e. The van der Waals surface area contributed by atoms with Crippen molar-refractivity contribution in [1.29, 1.82) is 0 Å². The highest BCUT2D eigenvalue weighted by Crippen LogP contribution is 2.29. The van der Waals surface area contributed by atoms with Gasteiger partial charge in [0.25, 0.3) is 0 Å². The van der Waals surface area contributed by atoms with Crippen molar-refractivity contribution in [2.24, 2.45) is 5.41 Å². The van der Waals surface area contributed by atoms with Crippen molar-refractivity contribution < 1.29 is 4.92 Å². The summed E-state index contributed by atoms with van der Waals surface area (Å²) in [5.74, 6) is 0.483. The summed E-state index contributed by atoms with van der Waals surface area (Å²) in [7, 11) is 0. The summed E-state index contributed by atoms with van der Waals surface area (Å²) >= 11 is 0. The Morgan fingerprint density at radius 3 is 2.60 bits per heavy atom. The topological polar surface area (TPSA) is 59.3 Å². The second-order valence-electron chi connectivity index (χ2n) is 6.36. The largest absolute Gasteiger partial charge is 0.348 e. The molecule has 0 amide bonds. The molecule has 0 aliphatic rings. The lowest BCUT2D eigenvalue weighted by atomic mass is 9.92. The molecular formula is C15H25N3O2. The van der Waals surface area contributed by atoms with E-state index < -0.39 is 0 Å². The molecule has 0 fully saturated rings. The molecule has 1 aromatic heterocycles. The molecule has 1 rings (SSSR count). The molecule has 1 unspecified atom stereocenters. The third kappa shape index (κ3) is 4.47. The van der Waals surface area contributed by atoms with E-state index in [-0.39, 0.29) is 22.1 Å². The van der Waals surface area contributed by atoms with Crippen LogP contribution >= 0.6 is 0 Å². The third-order valence-electron chi connectivity index (χ3n) is 3.46. The first-order valence-electron chi connectivity index (χ1n) is 7.12. The first-order valence-corrected chi connectivity index (χ1v) is 7.12. The Hall–Kier alpha value is -1.65. The standard InChI is InChI=1S/C15H25N3O2/c1-6-12(2)17(11-9-15(3,4)5)14-13(18(19)20)8-7-10-16-14/h7-8,10,12H,6,9,11H2,1-5H3. The molecule has 0 bridgehead atoms. The summed E-state index contributed by atoms with van der Waals surface area (Å²) in [5.41, 5.74) is 0.275. The van der Waals surface area contributed by atoms with E-state index in [2.05, 4.69) is 44.5 Å². The highest BCUT2D eigenvalue weighted by atomic mass is 16.6. The molecule has 1 aromatic rings. The molecule has 20 heavy (non-hydrogen) atoms. The van der Waals surface area contributed by atoms with Crippen molar-refractivity contribution in [1.82, 2.24) is 4.98 Å². The first-order chi connectivity index (χ1) is 9.26. The Bertz CT molecular complexity index is 455. The van der Waals surface area contributed by atoms with E-state index in [1.165, 1.54) is 6.07 Å². The van der Waals surface area contributed by atoms with Crippen molar-refractivity contribution in [2.45, 2.75) is 53.5 Å². The smallest absolute Gasteiger partial charge is 0.311 e. The van der Waals surface area contributed by atoms with E-state index in [1.807, 2.05) is 0 Å². The monoisotopic (exact) mass is 279 g/mol. The van der Waals surface area contributed by atoms with Gasteiger partial charge in [-0.1, -0.05) is 27.7 Å². The van der Waals surface area contributed by atoms with Crippen LogP contribution in [0.4, 0.5) is 11.5 Å². The van der Waals surface area contributed by atoms with Gasteiger partial charge in [0.05, 0.1) is 4.92 Å². The van der Waals surface area contributed by atoms with Gasteiger partial charge >= 0.3 is 5.69 Å². The Balaban J connectivity index is 3.08. The fourth-order valence-corrected chi connectivity index (χ4v) is 1.96. The number of nitro groups is 1. The van der Waals surface area contributed by atoms with Gasteiger partial charge in [-0.3, -0.25) is 10.1 Å². The molecule has 5 nitrogen and oxygen atoms in total. The molecule has 0 aliphatic carbocycles. The summed E-state index contributed by atoms with van der Waals surface area (Å²) in [5, 5.41) is 11.2. The normalized spacial score (nSPS) is 13.1. The number of anilines is 1. The molecule has 0 spiro atoms. The predicted molar refractivity (Wildman–Crippen MR) is 82.1 cm³/mol. The number of nitrogens with zero attached hydrogens (tertiary/aromatic N) is 3. The average molecular weight is 279 g/mol. The Kier molecular flexibility index (Phi) is 5.48. The summed E-state index contributed by atoms with van der Waals surface area (Å²) < 4.78 is 0. The van der Waals surface area contributed by atoms with Crippen molar-refractivity contribution in [3.63, 3.8) is 0 Å². The van der Waals surface area contributed by atoms with Crippen LogP contribution in [-0.2, 0) is 0 Å². The number of aromatic nitrogens is 1. The van der Waals surface area contributed by atoms with Gasteiger partial charge in [-0.15, -0.1) is 0 Å². The first kappa shape index (κ1) is 16.4. The van der Waals surface area contributed by atoms with Gasteiger partial charge in [-0.05, 0) is 31.2 Å². The second kappa shape index (κ2) is 6.68. The van der Waals surface area contributed by atoms with E-state index in [4.69, 9.17) is 0 Å². The molecule has 0 saturated carbocycles. The molecule has 0 aromatic carbocycles. The molecule has 0 N–H and O–H groups in total. The minimum absolute atomic E-state index is 0.0849. The minimum atomic E-state index is -0.352. The predicted octanol–water partition coefficient (Wildman–Crippen LogP) is 4.03. The van der Waals surface area contributed by atoms with Crippen LogP contribution in [0, 0.1) is 15.5 Å². The number of hydrogen-bond donors (Lipinski definition) is 0. The molecule has 1 heterocycles. The molecule has 112 valence electrons. The lowest BCUT2D eigenvalue weighted by Crippen LogP contribution is -2.36. The molecule has 0 radical (unpaired) electrons. The molecular weight excluding hydrogens is 254 g/mol. The van der Waals surface area contributed by atoms with E-state index in [1.54, 1.807) is 12.3 Å². The quantitative estimate of drug-likeness (QED) is 0.582. The van der Waals surface area contributed by atoms with Gasteiger partial charge in [-0.25, -0.2) is 4.98 Å². The molecule has 1 atom stereocenters. The van der Waals surface area contributed by atoms with Crippen LogP contribution in [0.1, 0.15) is 47.5 Å². The van der Waals surface area contributed by atoms with E-state index in [9.17, 15) is 10.1 Å². The fraction of sp³-hybridized carbons (Fsp3) is 0.667. The fourth-order valence-electron chi connectivity index (χ4n) is 1.96. The van der Waals surface area contributed by atoms with Crippen LogP contribution in [0.2, 0.25) is 0 Å². The number of pyridine rings is 1. The van der Waals surface area contributed by atoms with Gasteiger partial charge in [0.1, 0.15) is 0 Å². The highest BCUT2D eigenvalue weighted by Gasteiger charge is 2.25. The maximum atomic E-state index is 11.2. The summed E-state index contributed by atoms with van der Waals surface area (Å²) in [6.07, 6.45) is 3.51. The number of rotatable bonds is 6. The Labute approximate surface area is 121 Å². The Morgan fingerprint density at radius 1 is 1.45 bits per heavy atom. The SMILES string of the molecule is CCC(C)N(CCC(C)(C)C)c1ncccc1[N+](=O)[O-]. The van der Waals surface area contributed by atoms with Crippen LogP contribution in [0.5, 0.6) is 0 Å². The van der Waals surface area contributed by atoms with E-state index in [0.29, 0.717) is 5.82 Å². The van der Waals surface area contributed by atoms with E-state index in [0.717, 1.165) is 19.4 Å². The van der Waals surface area contributed by atoms with E-state index >= 15 is 0 Å². The van der Waals surface area contributed by atoms with Gasteiger partial charge in [-0.2, -0.15) is 0 Å². The Morgan fingerprint density at radius 2 is 2.10 bits per heavy atom. The highest BCUT2D eigenvalue weighted by molar-refractivity contribution is 5.57. The summed E-state index contributed by atoms with van der Waals surface area (Å²) in [6, 6.07) is 3.36. The van der Waals surface area contributed by atoms with Gasteiger partial charge in [0, 0.05) is 24.8 Å².